The van der Waals surface area contributed by atoms with Crippen molar-refractivity contribution in [2.45, 2.75) is 26.1 Å². The van der Waals surface area contributed by atoms with Crippen LogP contribution in [0, 0.1) is 10.1 Å². The van der Waals surface area contributed by atoms with E-state index in [-0.39, 0.29) is 30.2 Å². The fraction of sp³-hybridized carbons (Fsp3) is 0.231. The van der Waals surface area contributed by atoms with Crippen LogP contribution in [0.2, 0.25) is 0 Å². The highest BCUT2D eigenvalue weighted by atomic mass is 16.6. The van der Waals surface area contributed by atoms with Gasteiger partial charge in [-0.15, -0.1) is 0 Å². The lowest BCUT2D eigenvalue weighted by Gasteiger charge is -2.24. The second-order valence-electron chi connectivity index (χ2n) is 8.19. The number of nitro groups is 1. The number of carbonyl (C=O) groups excluding carboxylic acids is 2. The fourth-order valence-corrected chi connectivity index (χ4v) is 4.03. The van der Waals surface area contributed by atoms with Gasteiger partial charge in [0.05, 0.1) is 19.1 Å². The summed E-state index contributed by atoms with van der Waals surface area (Å²) < 4.78 is 16.8. The number of nitrogens with zero attached hydrogens (tertiary/aromatic N) is 2. The molecule has 0 radical (unpaired) electrons. The molecular weight excluding hydrogens is 466 g/mol. The third kappa shape index (κ3) is 5.07. The molecule has 4 rings (SSSR count). The maximum atomic E-state index is 13.1. The maximum Gasteiger partial charge on any atom is 0.269 e. The van der Waals surface area contributed by atoms with Crippen LogP contribution >= 0.6 is 0 Å². The van der Waals surface area contributed by atoms with E-state index in [1.807, 2.05) is 12.1 Å². The predicted molar refractivity (Wildman–Crippen MR) is 131 cm³/mol. The zero-order chi connectivity index (χ0) is 25.8. The molecule has 1 aliphatic heterocycles. The Hall–Kier alpha value is -4.60. The van der Waals surface area contributed by atoms with Crippen LogP contribution in [0.15, 0.2) is 60.7 Å². The molecule has 36 heavy (non-hydrogen) atoms. The van der Waals surface area contributed by atoms with Gasteiger partial charge in [0, 0.05) is 47.6 Å². The normalized spacial score (nSPS) is 14.8. The molecule has 1 atom stereocenters. The van der Waals surface area contributed by atoms with Gasteiger partial charge in [-0.05, 0) is 43.3 Å². The van der Waals surface area contributed by atoms with E-state index in [0.717, 1.165) is 11.1 Å². The van der Waals surface area contributed by atoms with E-state index in [1.165, 1.54) is 24.3 Å². The number of non-ortho nitro benzene ring substituents is 1. The predicted octanol–water partition coefficient (Wildman–Crippen LogP) is 4.17. The van der Waals surface area contributed by atoms with Crippen molar-refractivity contribution in [1.29, 1.82) is 0 Å². The van der Waals surface area contributed by atoms with Gasteiger partial charge in [-0.1, -0.05) is 12.1 Å². The van der Waals surface area contributed by atoms with Gasteiger partial charge in [-0.2, -0.15) is 0 Å². The minimum Gasteiger partial charge on any atom is -0.493 e. The lowest BCUT2D eigenvalue weighted by atomic mass is 10.1. The van der Waals surface area contributed by atoms with Crippen molar-refractivity contribution in [3.8, 4) is 17.2 Å². The summed E-state index contributed by atoms with van der Waals surface area (Å²) in [7, 11) is 3.10. The molecule has 0 saturated heterocycles. The monoisotopic (exact) mass is 491 g/mol. The number of methoxy groups -OCH3 is 2. The average molecular weight is 492 g/mol. The van der Waals surface area contributed by atoms with Crippen LogP contribution in [0.5, 0.6) is 17.2 Å². The minimum atomic E-state index is -0.705. The number of carbonyl (C=O) groups is 2. The number of hydrogen-bond donors (Lipinski definition) is 1. The van der Waals surface area contributed by atoms with Crippen LogP contribution < -0.4 is 19.5 Å². The first-order chi connectivity index (χ1) is 17.3. The molecule has 0 fully saturated rings. The second kappa shape index (κ2) is 10.3. The van der Waals surface area contributed by atoms with Crippen molar-refractivity contribution in [3.05, 3.63) is 87.5 Å². The van der Waals surface area contributed by atoms with Crippen LogP contribution in [0.1, 0.15) is 28.4 Å². The first-order valence-electron chi connectivity index (χ1n) is 11.1. The molecule has 3 aromatic carbocycles. The van der Waals surface area contributed by atoms with Gasteiger partial charge in [0.25, 0.3) is 17.5 Å². The van der Waals surface area contributed by atoms with Crippen molar-refractivity contribution in [3.63, 3.8) is 0 Å². The quantitative estimate of drug-likeness (QED) is 0.389. The minimum absolute atomic E-state index is 0.0970. The molecule has 1 unspecified atom stereocenters. The summed E-state index contributed by atoms with van der Waals surface area (Å²) in [6.07, 6.45) is -0.705. The molecule has 0 aliphatic carbocycles. The number of hydrogen-bond acceptors (Lipinski definition) is 7. The molecule has 10 nitrogen and oxygen atoms in total. The standard InChI is InChI=1S/C26H25N3O7/c1-16-26(31)28(14-18-5-4-6-23(34-2)24(18)35-3)15-19-13-20(9-12-22(19)36-16)27-25(30)17-7-10-21(11-8-17)29(32)33/h4-13,16H,14-15H2,1-3H3,(H,27,30). The lowest BCUT2D eigenvalue weighted by molar-refractivity contribution is -0.384. The topological polar surface area (TPSA) is 120 Å². The van der Waals surface area contributed by atoms with E-state index in [0.29, 0.717) is 22.9 Å². The van der Waals surface area contributed by atoms with Gasteiger partial charge in [0.1, 0.15) is 5.75 Å². The summed E-state index contributed by atoms with van der Waals surface area (Å²) in [4.78, 5) is 37.8. The van der Waals surface area contributed by atoms with Crippen LogP contribution in [-0.4, -0.2) is 42.0 Å². The molecular formula is C26H25N3O7. The molecule has 0 spiro atoms. The van der Waals surface area contributed by atoms with Gasteiger partial charge in [-0.3, -0.25) is 19.7 Å². The van der Waals surface area contributed by atoms with Gasteiger partial charge >= 0.3 is 0 Å². The molecule has 1 aliphatic rings. The Balaban J connectivity index is 1.57. The highest BCUT2D eigenvalue weighted by Gasteiger charge is 2.29. The van der Waals surface area contributed by atoms with Gasteiger partial charge in [-0.25, -0.2) is 0 Å². The summed E-state index contributed by atoms with van der Waals surface area (Å²) in [6.45, 7) is 2.21. The van der Waals surface area contributed by atoms with E-state index in [2.05, 4.69) is 5.32 Å². The molecule has 0 aromatic heterocycles. The Labute approximate surface area is 207 Å². The Morgan fingerprint density at radius 1 is 1.14 bits per heavy atom. The molecule has 10 heteroatoms. The van der Waals surface area contributed by atoms with E-state index in [4.69, 9.17) is 14.2 Å². The van der Waals surface area contributed by atoms with Crippen molar-refractivity contribution < 1.29 is 28.7 Å². The summed E-state index contributed by atoms with van der Waals surface area (Å²) in [6, 6.07) is 16.0. The third-order valence-corrected chi connectivity index (χ3v) is 5.83. The number of rotatable bonds is 7. The summed E-state index contributed by atoms with van der Waals surface area (Å²) in [5, 5.41) is 13.6. The van der Waals surface area contributed by atoms with E-state index < -0.39 is 16.9 Å². The Kier molecular flexibility index (Phi) is 7.05. The first-order valence-corrected chi connectivity index (χ1v) is 11.1. The molecule has 1 heterocycles. The SMILES string of the molecule is COc1cccc(CN2Cc3cc(NC(=O)c4ccc([N+](=O)[O-])cc4)ccc3OC(C)C2=O)c1OC. The molecule has 2 amide bonds. The third-order valence-electron chi connectivity index (χ3n) is 5.83. The molecule has 3 aromatic rings. The lowest BCUT2D eigenvalue weighted by Crippen LogP contribution is -2.37. The smallest absolute Gasteiger partial charge is 0.269 e. The van der Waals surface area contributed by atoms with Crippen LogP contribution in [0.4, 0.5) is 11.4 Å². The fourth-order valence-electron chi connectivity index (χ4n) is 4.03. The number of benzene rings is 3. The highest BCUT2D eigenvalue weighted by molar-refractivity contribution is 6.04. The van der Waals surface area contributed by atoms with Crippen molar-refractivity contribution >= 4 is 23.2 Å². The van der Waals surface area contributed by atoms with Crippen molar-refractivity contribution in [2.75, 3.05) is 19.5 Å². The largest absolute Gasteiger partial charge is 0.493 e. The number of nitro benzene ring substituents is 1. The second-order valence-corrected chi connectivity index (χ2v) is 8.19. The average Bonchev–Trinajstić information content (AvgIpc) is 2.99. The van der Waals surface area contributed by atoms with Crippen LogP contribution in [0.3, 0.4) is 0 Å². The van der Waals surface area contributed by atoms with E-state index in [1.54, 1.807) is 50.3 Å². The summed E-state index contributed by atoms with van der Waals surface area (Å²) in [5.74, 6) is 1.06. The van der Waals surface area contributed by atoms with Crippen molar-refractivity contribution in [1.82, 2.24) is 4.90 Å². The maximum absolute atomic E-state index is 13.1. The first kappa shape index (κ1) is 24.5. The van der Waals surface area contributed by atoms with Crippen LogP contribution in [-0.2, 0) is 17.9 Å². The number of anilines is 1. The zero-order valence-electron chi connectivity index (χ0n) is 20.0. The molecule has 0 bridgehead atoms. The van der Waals surface area contributed by atoms with Gasteiger partial charge < -0.3 is 24.4 Å². The molecule has 186 valence electrons. The Bertz CT molecular complexity index is 1310. The number of fused-ring (bicyclic) bond motifs is 1. The van der Waals surface area contributed by atoms with Gasteiger partial charge in [0.2, 0.25) is 0 Å². The zero-order valence-corrected chi connectivity index (χ0v) is 20.0. The summed E-state index contributed by atoms with van der Waals surface area (Å²) >= 11 is 0. The molecule has 0 saturated carbocycles. The summed E-state index contributed by atoms with van der Waals surface area (Å²) in [5.41, 5.74) is 2.18. The van der Waals surface area contributed by atoms with Crippen LogP contribution in [0.25, 0.3) is 0 Å². The van der Waals surface area contributed by atoms with E-state index in [9.17, 15) is 19.7 Å². The highest BCUT2D eigenvalue weighted by Crippen LogP contribution is 2.34. The van der Waals surface area contributed by atoms with Gasteiger partial charge in [0.15, 0.2) is 17.6 Å². The number of para-hydroxylation sites is 1. The van der Waals surface area contributed by atoms with Crippen molar-refractivity contribution in [2.24, 2.45) is 0 Å². The Morgan fingerprint density at radius 2 is 1.89 bits per heavy atom. The number of ether oxygens (including phenoxy) is 3. The molecule has 1 N–H and O–H groups in total. The number of nitrogens with one attached hydrogen (secondary N) is 1. The van der Waals surface area contributed by atoms with E-state index >= 15 is 0 Å². The Morgan fingerprint density at radius 3 is 2.56 bits per heavy atom. The number of amides is 2.